The van der Waals surface area contributed by atoms with Crippen molar-refractivity contribution in [1.82, 2.24) is 15.1 Å². The van der Waals surface area contributed by atoms with Crippen LogP contribution in [0.5, 0.6) is 17.2 Å². The van der Waals surface area contributed by atoms with Crippen molar-refractivity contribution in [3.8, 4) is 17.2 Å². The highest BCUT2D eigenvalue weighted by molar-refractivity contribution is 14.0. The van der Waals surface area contributed by atoms with Crippen LogP contribution in [0.2, 0.25) is 0 Å². The average Bonchev–Trinajstić information content (AvgIpc) is 2.76. The third kappa shape index (κ3) is 7.55. The van der Waals surface area contributed by atoms with Crippen molar-refractivity contribution >= 4 is 29.9 Å². The Morgan fingerprint density at radius 1 is 1.00 bits per heavy atom. The molecule has 8 nitrogen and oxygen atoms in total. The first-order chi connectivity index (χ1) is 14.8. The van der Waals surface area contributed by atoms with Crippen LogP contribution < -0.4 is 19.5 Å². The molecule has 0 amide bonds. The van der Waals surface area contributed by atoms with Crippen LogP contribution in [0.4, 0.5) is 0 Å². The molecule has 1 fully saturated rings. The van der Waals surface area contributed by atoms with Crippen LogP contribution in [0.15, 0.2) is 17.1 Å². The standard InChI is InChI=1S/C23H40N4O4.HI/c1-23(2,3)20(30-7)15-25-22(24-4)27-11-9-26(10-12-27)16-17-13-18(28-5)21(31-8)19(14-17)29-6;/h13-14,20H,9-12,15-16H2,1-8H3,(H,24,25);1H. The monoisotopic (exact) mass is 564 g/mol. The highest BCUT2D eigenvalue weighted by Crippen LogP contribution is 2.38. The predicted molar refractivity (Wildman–Crippen MR) is 140 cm³/mol. The molecule has 1 aromatic rings. The van der Waals surface area contributed by atoms with Gasteiger partial charge in [-0.2, -0.15) is 0 Å². The van der Waals surface area contributed by atoms with Crippen LogP contribution in [0.3, 0.4) is 0 Å². The third-order valence-corrected chi connectivity index (χ3v) is 5.71. The van der Waals surface area contributed by atoms with Gasteiger partial charge < -0.3 is 29.2 Å². The van der Waals surface area contributed by atoms with Gasteiger partial charge in [0.1, 0.15) is 0 Å². The lowest BCUT2D eigenvalue weighted by Gasteiger charge is -2.37. The van der Waals surface area contributed by atoms with Crippen LogP contribution >= 0.6 is 24.0 Å². The van der Waals surface area contributed by atoms with Crippen LogP contribution in [0.1, 0.15) is 26.3 Å². The molecule has 0 saturated carbocycles. The van der Waals surface area contributed by atoms with Crippen molar-refractivity contribution in [2.24, 2.45) is 10.4 Å². The van der Waals surface area contributed by atoms with Crippen LogP contribution in [0.25, 0.3) is 0 Å². The maximum Gasteiger partial charge on any atom is 0.203 e. The Kier molecular flexibility index (Phi) is 11.9. The Morgan fingerprint density at radius 2 is 1.56 bits per heavy atom. The zero-order valence-corrected chi connectivity index (χ0v) is 23.2. The van der Waals surface area contributed by atoms with E-state index in [0.717, 1.165) is 50.8 Å². The number of ether oxygens (including phenoxy) is 4. The first kappa shape index (κ1) is 28.6. The zero-order chi connectivity index (χ0) is 23.0. The van der Waals surface area contributed by atoms with E-state index in [9.17, 15) is 0 Å². The Bertz CT molecular complexity index is 706. The fourth-order valence-corrected chi connectivity index (χ4v) is 3.86. The maximum atomic E-state index is 5.66. The van der Waals surface area contributed by atoms with Gasteiger partial charge in [0.15, 0.2) is 17.5 Å². The molecule has 2 rings (SSSR count). The number of piperazine rings is 1. The largest absolute Gasteiger partial charge is 0.493 e. The van der Waals surface area contributed by atoms with E-state index in [1.165, 1.54) is 0 Å². The summed E-state index contributed by atoms with van der Waals surface area (Å²) in [7, 11) is 8.51. The molecule has 9 heteroatoms. The molecule has 1 N–H and O–H groups in total. The SMILES string of the molecule is CN=C(NCC(OC)C(C)(C)C)N1CCN(Cc2cc(OC)c(OC)c(OC)c2)CC1.I. The van der Waals surface area contributed by atoms with Gasteiger partial charge in [-0.25, -0.2) is 0 Å². The normalized spacial score (nSPS) is 16.2. The molecular formula is C23H41IN4O4. The molecule has 1 heterocycles. The molecule has 0 radical (unpaired) electrons. The van der Waals surface area contributed by atoms with Gasteiger partial charge in [0.2, 0.25) is 5.75 Å². The zero-order valence-electron chi connectivity index (χ0n) is 20.9. The molecule has 1 aromatic carbocycles. The number of guanidine groups is 1. The number of benzene rings is 1. The number of rotatable bonds is 8. The number of halogens is 1. The van der Waals surface area contributed by atoms with Crippen molar-refractivity contribution in [3.63, 3.8) is 0 Å². The summed E-state index contributed by atoms with van der Waals surface area (Å²) in [6.07, 6.45) is 0.116. The van der Waals surface area contributed by atoms with Gasteiger partial charge in [-0.1, -0.05) is 20.8 Å². The number of nitrogens with one attached hydrogen (secondary N) is 1. The van der Waals surface area contributed by atoms with E-state index in [1.54, 1.807) is 28.4 Å². The van der Waals surface area contributed by atoms with E-state index in [2.05, 4.69) is 40.9 Å². The number of hydrogen-bond donors (Lipinski definition) is 1. The number of nitrogens with zero attached hydrogens (tertiary/aromatic N) is 3. The average molecular weight is 565 g/mol. The summed E-state index contributed by atoms with van der Waals surface area (Å²) >= 11 is 0. The van der Waals surface area contributed by atoms with Crippen molar-refractivity contribution in [3.05, 3.63) is 17.7 Å². The summed E-state index contributed by atoms with van der Waals surface area (Å²) in [5, 5.41) is 3.49. The molecule has 0 aliphatic carbocycles. The maximum absolute atomic E-state index is 5.66. The lowest BCUT2D eigenvalue weighted by Crippen LogP contribution is -2.53. The van der Waals surface area contributed by atoms with Crippen LogP contribution in [0, 0.1) is 5.41 Å². The van der Waals surface area contributed by atoms with E-state index in [4.69, 9.17) is 18.9 Å². The van der Waals surface area contributed by atoms with Gasteiger partial charge >= 0.3 is 0 Å². The summed E-state index contributed by atoms with van der Waals surface area (Å²) in [4.78, 5) is 9.22. The Balaban J connectivity index is 0.00000512. The van der Waals surface area contributed by atoms with Gasteiger partial charge in [-0.3, -0.25) is 9.89 Å². The van der Waals surface area contributed by atoms with Gasteiger partial charge in [-0.05, 0) is 23.1 Å². The fourth-order valence-electron chi connectivity index (χ4n) is 3.86. The molecule has 1 atom stereocenters. The van der Waals surface area contributed by atoms with E-state index >= 15 is 0 Å². The molecule has 0 bridgehead atoms. The summed E-state index contributed by atoms with van der Waals surface area (Å²) in [5.41, 5.74) is 1.21. The molecule has 1 aliphatic rings. The van der Waals surface area contributed by atoms with Gasteiger partial charge in [0, 0.05) is 53.4 Å². The molecule has 184 valence electrons. The molecule has 0 spiro atoms. The molecule has 32 heavy (non-hydrogen) atoms. The van der Waals surface area contributed by atoms with Gasteiger partial charge in [0.05, 0.1) is 27.4 Å². The van der Waals surface area contributed by atoms with E-state index < -0.39 is 0 Å². The Labute approximate surface area is 210 Å². The Hall–Kier alpha value is -1.46. The second kappa shape index (κ2) is 13.3. The number of methoxy groups -OCH3 is 4. The lowest BCUT2D eigenvalue weighted by atomic mass is 9.89. The van der Waals surface area contributed by atoms with Crippen molar-refractivity contribution in [2.75, 3.05) is 68.2 Å². The highest BCUT2D eigenvalue weighted by Gasteiger charge is 2.26. The Morgan fingerprint density at radius 3 is 1.97 bits per heavy atom. The number of aliphatic imine (C=N–C) groups is 1. The smallest absolute Gasteiger partial charge is 0.203 e. The number of hydrogen-bond acceptors (Lipinski definition) is 6. The summed E-state index contributed by atoms with van der Waals surface area (Å²) in [5.74, 6) is 2.93. The van der Waals surface area contributed by atoms with Crippen molar-refractivity contribution in [1.29, 1.82) is 0 Å². The molecule has 1 aliphatic heterocycles. The van der Waals surface area contributed by atoms with Gasteiger partial charge in [0.25, 0.3) is 0 Å². The van der Waals surface area contributed by atoms with Crippen molar-refractivity contribution in [2.45, 2.75) is 33.4 Å². The fraction of sp³-hybridized carbons (Fsp3) is 0.696. The molecule has 1 saturated heterocycles. The lowest BCUT2D eigenvalue weighted by molar-refractivity contribution is 0.0199. The van der Waals surface area contributed by atoms with E-state index in [0.29, 0.717) is 17.2 Å². The second-order valence-electron chi connectivity index (χ2n) is 8.82. The molecule has 1 unspecified atom stereocenters. The van der Waals surface area contributed by atoms with E-state index in [-0.39, 0.29) is 35.5 Å². The predicted octanol–water partition coefficient (Wildman–Crippen LogP) is 3.08. The van der Waals surface area contributed by atoms with Crippen LogP contribution in [-0.4, -0.2) is 90.1 Å². The third-order valence-electron chi connectivity index (χ3n) is 5.71. The first-order valence-electron chi connectivity index (χ1n) is 10.8. The second-order valence-corrected chi connectivity index (χ2v) is 8.82. The van der Waals surface area contributed by atoms with Crippen LogP contribution in [-0.2, 0) is 11.3 Å². The molecule has 0 aromatic heterocycles. The first-order valence-corrected chi connectivity index (χ1v) is 10.8. The summed E-state index contributed by atoms with van der Waals surface area (Å²) in [6, 6.07) is 4.04. The minimum Gasteiger partial charge on any atom is -0.493 e. The van der Waals surface area contributed by atoms with Crippen molar-refractivity contribution < 1.29 is 18.9 Å². The topological polar surface area (TPSA) is 67.8 Å². The minimum absolute atomic E-state index is 0. The molecular weight excluding hydrogens is 523 g/mol. The highest BCUT2D eigenvalue weighted by atomic mass is 127. The minimum atomic E-state index is 0. The van der Waals surface area contributed by atoms with E-state index in [1.807, 2.05) is 19.2 Å². The van der Waals surface area contributed by atoms with Gasteiger partial charge in [-0.15, -0.1) is 24.0 Å². The summed E-state index contributed by atoms with van der Waals surface area (Å²) < 4.78 is 22.1. The summed E-state index contributed by atoms with van der Waals surface area (Å²) in [6.45, 7) is 11.8. The quantitative estimate of drug-likeness (QED) is 0.296.